The molecule has 130 valence electrons. The zero-order chi connectivity index (χ0) is 17.6. The molecule has 0 spiro atoms. The Morgan fingerprint density at radius 1 is 1.20 bits per heavy atom. The smallest absolute Gasteiger partial charge is 0.182 e. The molecule has 4 rings (SSSR count). The number of nitrogens with zero attached hydrogens (tertiary/aromatic N) is 6. The van der Waals surface area contributed by atoms with Gasteiger partial charge < -0.3 is 9.64 Å². The first-order valence-electron chi connectivity index (χ1n) is 8.18. The first-order valence-corrected chi connectivity index (χ1v) is 8.55. The number of hydrogen-bond acceptors (Lipinski definition) is 6. The zero-order valence-corrected chi connectivity index (χ0v) is 15.2. The van der Waals surface area contributed by atoms with E-state index in [-0.39, 0.29) is 6.10 Å². The van der Waals surface area contributed by atoms with E-state index in [4.69, 9.17) is 16.3 Å². The molecule has 0 unspecified atom stereocenters. The minimum absolute atomic E-state index is 0.0374. The van der Waals surface area contributed by atoms with Crippen molar-refractivity contribution < 1.29 is 4.74 Å². The monoisotopic (exact) mass is 358 g/mol. The highest BCUT2D eigenvalue weighted by Gasteiger charge is 2.25. The second-order valence-electron chi connectivity index (χ2n) is 6.28. The summed E-state index contributed by atoms with van der Waals surface area (Å²) in [5.74, 6) is 0.798. The van der Waals surface area contributed by atoms with Crippen molar-refractivity contribution in [2.45, 2.75) is 20.0 Å². The lowest BCUT2D eigenvalue weighted by molar-refractivity contribution is 0.0395. The Hall–Kier alpha value is -2.25. The van der Waals surface area contributed by atoms with Gasteiger partial charge >= 0.3 is 0 Å². The van der Waals surface area contributed by atoms with Gasteiger partial charge in [0.2, 0.25) is 0 Å². The van der Waals surface area contributed by atoms with Crippen LogP contribution in [0.2, 0.25) is 5.02 Å². The van der Waals surface area contributed by atoms with Crippen LogP contribution >= 0.6 is 11.6 Å². The number of fused-ring (bicyclic) bond motifs is 1. The van der Waals surface area contributed by atoms with Gasteiger partial charge in [0, 0.05) is 38.0 Å². The SMILES string of the molecule is Cc1nc2nc(N3CCO[C@@H](c4cnn(C)c4)C3)cc(Cl)c2nc1C. The van der Waals surface area contributed by atoms with Crippen molar-refractivity contribution in [3.05, 3.63) is 40.4 Å². The van der Waals surface area contributed by atoms with Crippen molar-refractivity contribution in [1.29, 1.82) is 0 Å². The molecule has 25 heavy (non-hydrogen) atoms. The van der Waals surface area contributed by atoms with E-state index in [2.05, 4.69) is 25.0 Å². The first kappa shape index (κ1) is 16.2. The molecular weight excluding hydrogens is 340 g/mol. The van der Waals surface area contributed by atoms with Crippen molar-refractivity contribution in [3.63, 3.8) is 0 Å². The third-order valence-corrected chi connectivity index (χ3v) is 4.77. The van der Waals surface area contributed by atoms with Crippen LogP contribution in [-0.2, 0) is 11.8 Å². The van der Waals surface area contributed by atoms with Crippen LogP contribution in [0.5, 0.6) is 0 Å². The van der Waals surface area contributed by atoms with Gasteiger partial charge in [-0.05, 0) is 13.8 Å². The van der Waals surface area contributed by atoms with Crippen molar-refractivity contribution in [1.82, 2.24) is 24.7 Å². The van der Waals surface area contributed by atoms with Crippen molar-refractivity contribution in [2.24, 2.45) is 7.05 Å². The first-order chi connectivity index (χ1) is 12.0. The van der Waals surface area contributed by atoms with E-state index in [9.17, 15) is 0 Å². The summed E-state index contributed by atoms with van der Waals surface area (Å²) in [7, 11) is 1.90. The molecule has 0 amide bonds. The van der Waals surface area contributed by atoms with Crippen LogP contribution in [-0.4, -0.2) is 44.4 Å². The lowest BCUT2D eigenvalue weighted by Gasteiger charge is -2.33. The molecule has 0 aromatic carbocycles. The molecule has 0 radical (unpaired) electrons. The molecule has 7 nitrogen and oxygen atoms in total. The van der Waals surface area contributed by atoms with Crippen LogP contribution in [0.25, 0.3) is 11.2 Å². The summed E-state index contributed by atoms with van der Waals surface area (Å²) >= 11 is 6.45. The number of aromatic nitrogens is 5. The summed E-state index contributed by atoms with van der Waals surface area (Å²) < 4.78 is 7.68. The van der Waals surface area contributed by atoms with Gasteiger partial charge in [0.05, 0.1) is 29.2 Å². The molecule has 8 heteroatoms. The van der Waals surface area contributed by atoms with Crippen molar-refractivity contribution >= 4 is 28.6 Å². The Morgan fingerprint density at radius 2 is 2.00 bits per heavy atom. The van der Waals surface area contributed by atoms with E-state index in [0.717, 1.165) is 29.3 Å². The number of halogens is 1. The average molecular weight is 359 g/mol. The highest BCUT2D eigenvalue weighted by atomic mass is 35.5. The summed E-state index contributed by atoms with van der Waals surface area (Å²) in [4.78, 5) is 15.9. The summed E-state index contributed by atoms with van der Waals surface area (Å²) in [5.41, 5.74) is 4.02. The predicted molar refractivity (Wildman–Crippen MR) is 95.9 cm³/mol. The van der Waals surface area contributed by atoms with Gasteiger partial charge in [-0.25, -0.2) is 15.0 Å². The molecule has 0 aliphatic carbocycles. The second-order valence-corrected chi connectivity index (χ2v) is 6.69. The molecule has 0 N–H and O–H groups in total. The van der Waals surface area contributed by atoms with E-state index >= 15 is 0 Å². The lowest BCUT2D eigenvalue weighted by atomic mass is 10.1. The minimum Gasteiger partial charge on any atom is -0.370 e. The molecule has 1 fully saturated rings. The van der Waals surface area contributed by atoms with Crippen LogP contribution in [0.15, 0.2) is 18.5 Å². The zero-order valence-electron chi connectivity index (χ0n) is 14.4. The molecule has 0 saturated carbocycles. The molecule has 1 aliphatic rings. The maximum absolute atomic E-state index is 6.45. The fraction of sp³-hybridized carbons (Fsp3) is 0.412. The van der Waals surface area contributed by atoms with Crippen LogP contribution in [0.1, 0.15) is 23.1 Å². The van der Waals surface area contributed by atoms with Gasteiger partial charge in [-0.2, -0.15) is 5.10 Å². The third-order valence-electron chi connectivity index (χ3n) is 4.48. The molecule has 1 saturated heterocycles. The van der Waals surface area contributed by atoms with Gasteiger partial charge in [0.15, 0.2) is 5.65 Å². The topological polar surface area (TPSA) is 69.0 Å². The normalized spacial score (nSPS) is 18.1. The Morgan fingerprint density at radius 3 is 2.76 bits per heavy atom. The van der Waals surface area contributed by atoms with E-state index in [1.54, 1.807) is 4.68 Å². The summed E-state index contributed by atoms with van der Waals surface area (Å²) in [6, 6.07) is 1.86. The summed E-state index contributed by atoms with van der Waals surface area (Å²) in [6.07, 6.45) is 3.78. The van der Waals surface area contributed by atoms with Crippen LogP contribution in [0, 0.1) is 13.8 Å². The van der Waals surface area contributed by atoms with Gasteiger partial charge in [-0.3, -0.25) is 4.68 Å². The Kier molecular flexibility index (Phi) is 4.05. The van der Waals surface area contributed by atoms with Gasteiger partial charge in [-0.15, -0.1) is 0 Å². The lowest BCUT2D eigenvalue weighted by Crippen LogP contribution is -2.38. The number of ether oxygens (including phenoxy) is 1. The standard InChI is InChI=1S/C17H19ClN6O/c1-10-11(2)21-17-16(20-10)13(18)6-15(22-17)24-4-5-25-14(9-24)12-7-19-23(3)8-12/h6-8,14H,4-5,9H2,1-3H3/t14-/m1/s1. The number of aryl methyl sites for hydroxylation is 3. The van der Waals surface area contributed by atoms with Crippen LogP contribution in [0.3, 0.4) is 0 Å². The fourth-order valence-electron chi connectivity index (χ4n) is 2.98. The van der Waals surface area contributed by atoms with Crippen LogP contribution < -0.4 is 4.90 Å². The second kappa shape index (κ2) is 6.24. The van der Waals surface area contributed by atoms with E-state index in [1.807, 2.05) is 39.4 Å². The van der Waals surface area contributed by atoms with Gasteiger partial charge in [0.25, 0.3) is 0 Å². The highest BCUT2D eigenvalue weighted by molar-refractivity contribution is 6.35. The third kappa shape index (κ3) is 3.05. The maximum Gasteiger partial charge on any atom is 0.182 e. The van der Waals surface area contributed by atoms with E-state index in [1.165, 1.54) is 0 Å². The number of morpholine rings is 1. The molecule has 3 aromatic heterocycles. The molecule has 4 heterocycles. The largest absolute Gasteiger partial charge is 0.370 e. The highest BCUT2D eigenvalue weighted by Crippen LogP contribution is 2.29. The van der Waals surface area contributed by atoms with E-state index in [0.29, 0.717) is 29.3 Å². The quantitative estimate of drug-likeness (QED) is 0.701. The number of pyridine rings is 1. The summed E-state index contributed by atoms with van der Waals surface area (Å²) in [6.45, 7) is 5.92. The fourth-order valence-corrected chi connectivity index (χ4v) is 3.20. The van der Waals surface area contributed by atoms with E-state index < -0.39 is 0 Å². The van der Waals surface area contributed by atoms with Gasteiger partial charge in [-0.1, -0.05) is 11.6 Å². The van der Waals surface area contributed by atoms with Crippen molar-refractivity contribution in [2.75, 3.05) is 24.6 Å². The average Bonchev–Trinajstić information content (AvgIpc) is 3.03. The molecular formula is C17H19ClN6O. The Balaban J connectivity index is 1.67. The Bertz CT molecular complexity index is 940. The number of anilines is 1. The van der Waals surface area contributed by atoms with Crippen molar-refractivity contribution in [3.8, 4) is 0 Å². The maximum atomic E-state index is 6.45. The van der Waals surface area contributed by atoms with Gasteiger partial charge in [0.1, 0.15) is 17.4 Å². The predicted octanol–water partition coefficient (Wildman–Crippen LogP) is 2.61. The van der Waals surface area contributed by atoms with Crippen LogP contribution in [0.4, 0.5) is 5.82 Å². The number of hydrogen-bond donors (Lipinski definition) is 0. The molecule has 0 bridgehead atoms. The minimum atomic E-state index is -0.0374. The summed E-state index contributed by atoms with van der Waals surface area (Å²) in [5, 5.41) is 4.80. The molecule has 1 aliphatic heterocycles. The molecule has 3 aromatic rings. The molecule has 1 atom stereocenters. The number of rotatable bonds is 2. The Labute approximate surface area is 150 Å².